The number of thiazole rings is 1. The first-order valence-corrected chi connectivity index (χ1v) is 10.9. The molecule has 0 bridgehead atoms. The topological polar surface area (TPSA) is 71.5 Å². The third kappa shape index (κ3) is 4.59. The lowest BCUT2D eigenvalue weighted by molar-refractivity contribution is 0.112. The van der Waals surface area contributed by atoms with Crippen LogP contribution in [0.3, 0.4) is 0 Å². The minimum absolute atomic E-state index is 0.444. The van der Waals surface area contributed by atoms with Crippen LogP contribution in [-0.4, -0.2) is 54.0 Å². The van der Waals surface area contributed by atoms with Gasteiger partial charge >= 0.3 is 0 Å². The van der Waals surface area contributed by atoms with Gasteiger partial charge in [0.1, 0.15) is 27.8 Å². The zero-order valence-corrected chi connectivity index (χ0v) is 18.0. The van der Waals surface area contributed by atoms with Crippen molar-refractivity contribution >= 4 is 28.4 Å². The largest absolute Gasteiger partial charge is 0.477 e. The molecule has 156 valence electrons. The van der Waals surface area contributed by atoms with E-state index in [2.05, 4.69) is 38.6 Å². The van der Waals surface area contributed by atoms with Crippen LogP contribution < -0.4 is 14.5 Å². The van der Waals surface area contributed by atoms with Gasteiger partial charge in [-0.05, 0) is 5.92 Å². The molecular formula is C22H25N5O2S. The summed E-state index contributed by atoms with van der Waals surface area (Å²) in [5, 5.41) is 1.81. The number of anilines is 2. The smallest absolute Gasteiger partial charge is 0.218 e. The van der Waals surface area contributed by atoms with Crippen LogP contribution in [0.25, 0.3) is 10.6 Å². The Morgan fingerprint density at radius 1 is 1.10 bits per heavy atom. The molecule has 4 rings (SSSR count). The molecule has 1 saturated heterocycles. The van der Waals surface area contributed by atoms with Gasteiger partial charge in [-0.15, -0.1) is 0 Å². The molecule has 0 N–H and O–H groups in total. The molecule has 1 fully saturated rings. The summed E-state index contributed by atoms with van der Waals surface area (Å²) in [5.41, 5.74) is 1.55. The zero-order valence-electron chi connectivity index (χ0n) is 17.2. The number of ether oxygens (including phenoxy) is 1. The Balaban J connectivity index is 1.44. The fourth-order valence-electron chi connectivity index (χ4n) is 3.30. The number of carbonyl (C=O) groups excluding carboxylic acids is 1. The van der Waals surface area contributed by atoms with Crippen LogP contribution in [0.15, 0.2) is 42.7 Å². The first-order valence-electron chi connectivity index (χ1n) is 10.1. The number of hydrogen-bond donors (Lipinski definition) is 0. The van der Waals surface area contributed by atoms with Gasteiger partial charge in [0.25, 0.3) is 0 Å². The normalized spacial score (nSPS) is 14.2. The first kappa shape index (κ1) is 20.3. The van der Waals surface area contributed by atoms with E-state index in [0.717, 1.165) is 53.9 Å². The Bertz CT molecular complexity index is 984. The van der Waals surface area contributed by atoms with Crippen LogP contribution in [0.5, 0.6) is 5.88 Å². The summed E-state index contributed by atoms with van der Waals surface area (Å²) < 4.78 is 5.73. The first-order chi connectivity index (χ1) is 14.6. The van der Waals surface area contributed by atoms with Gasteiger partial charge < -0.3 is 14.5 Å². The molecule has 0 saturated carbocycles. The number of aldehydes is 1. The van der Waals surface area contributed by atoms with Crippen molar-refractivity contribution < 1.29 is 9.53 Å². The molecule has 0 amide bonds. The third-order valence-electron chi connectivity index (χ3n) is 4.85. The van der Waals surface area contributed by atoms with Crippen molar-refractivity contribution in [2.75, 3.05) is 42.6 Å². The maximum absolute atomic E-state index is 11.6. The van der Waals surface area contributed by atoms with E-state index in [1.807, 2.05) is 36.4 Å². The quantitative estimate of drug-likeness (QED) is 0.536. The molecule has 0 radical (unpaired) electrons. The van der Waals surface area contributed by atoms with Crippen molar-refractivity contribution in [3.05, 3.63) is 48.4 Å². The lowest BCUT2D eigenvalue weighted by atomic mass is 10.2. The summed E-state index contributed by atoms with van der Waals surface area (Å²) in [7, 11) is 0. The maximum Gasteiger partial charge on any atom is 0.218 e. The Kier molecular flexibility index (Phi) is 6.23. The highest BCUT2D eigenvalue weighted by Gasteiger charge is 2.23. The van der Waals surface area contributed by atoms with Crippen molar-refractivity contribution in [3.63, 3.8) is 0 Å². The van der Waals surface area contributed by atoms with Crippen LogP contribution in [0, 0.1) is 5.92 Å². The molecule has 0 aliphatic carbocycles. The van der Waals surface area contributed by atoms with Gasteiger partial charge in [0.2, 0.25) is 5.88 Å². The van der Waals surface area contributed by atoms with Crippen LogP contribution in [0.1, 0.15) is 24.3 Å². The molecular weight excluding hydrogens is 398 g/mol. The molecule has 0 spiro atoms. The van der Waals surface area contributed by atoms with Crippen LogP contribution >= 0.6 is 11.3 Å². The minimum atomic E-state index is 0.444. The SMILES string of the molecule is CC(C)COc1cc(N2CCN(c3sc(-c4ccccc4)nc3C=O)CC2)ncn1. The van der Waals surface area contributed by atoms with Gasteiger partial charge in [-0.3, -0.25) is 4.79 Å². The van der Waals surface area contributed by atoms with Crippen LogP contribution in [0.2, 0.25) is 0 Å². The molecule has 8 heteroatoms. The molecule has 7 nitrogen and oxygen atoms in total. The Morgan fingerprint density at radius 2 is 1.83 bits per heavy atom. The van der Waals surface area contributed by atoms with E-state index < -0.39 is 0 Å². The van der Waals surface area contributed by atoms with Gasteiger partial charge in [0.05, 0.1) is 6.61 Å². The molecule has 3 heterocycles. The molecule has 1 aliphatic heterocycles. The minimum Gasteiger partial charge on any atom is -0.477 e. The zero-order chi connectivity index (χ0) is 20.9. The van der Waals surface area contributed by atoms with E-state index in [1.165, 1.54) is 0 Å². The fraction of sp³-hybridized carbons (Fsp3) is 0.364. The number of piperazine rings is 1. The Labute approximate surface area is 180 Å². The molecule has 3 aromatic rings. The van der Waals surface area contributed by atoms with Gasteiger partial charge in [-0.25, -0.2) is 15.0 Å². The summed E-state index contributed by atoms with van der Waals surface area (Å²) in [5.74, 6) is 1.92. The second-order valence-electron chi connectivity index (χ2n) is 7.59. The van der Waals surface area contributed by atoms with Gasteiger partial charge in [0.15, 0.2) is 6.29 Å². The highest BCUT2D eigenvalue weighted by molar-refractivity contribution is 7.19. The van der Waals surface area contributed by atoms with E-state index in [0.29, 0.717) is 24.1 Å². The Hall–Kier alpha value is -3.00. The van der Waals surface area contributed by atoms with Crippen LogP contribution in [0.4, 0.5) is 10.8 Å². The lowest BCUT2D eigenvalue weighted by Crippen LogP contribution is -2.46. The number of carbonyl (C=O) groups is 1. The van der Waals surface area contributed by atoms with Crippen molar-refractivity contribution in [2.24, 2.45) is 5.92 Å². The van der Waals surface area contributed by atoms with Crippen LogP contribution in [-0.2, 0) is 0 Å². The average molecular weight is 424 g/mol. The number of aromatic nitrogens is 3. The van der Waals surface area contributed by atoms with E-state index in [-0.39, 0.29) is 0 Å². The molecule has 2 aromatic heterocycles. The molecule has 0 atom stereocenters. The third-order valence-corrected chi connectivity index (χ3v) is 6.03. The summed E-state index contributed by atoms with van der Waals surface area (Å²) in [4.78, 5) is 29.3. The predicted molar refractivity (Wildman–Crippen MR) is 120 cm³/mol. The second kappa shape index (κ2) is 9.21. The standard InChI is InChI=1S/C22H25N5O2S/c1-16(2)14-29-20-12-19(23-15-24-20)26-8-10-27(11-9-26)22-18(13-28)25-21(30-22)17-6-4-3-5-7-17/h3-7,12-13,15-16H,8-11,14H2,1-2H3. The number of benzene rings is 1. The predicted octanol–water partition coefficient (Wildman–Crippen LogP) is 3.77. The van der Waals surface area contributed by atoms with Crippen molar-refractivity contribution in [1.82, 2.24) is 15.0 Å². The highest BCUT2D eigenvalue weighted by Crippen LogP contribution is 2.34. The number of nitrogens with zero attached hydrogens (tertiary/aromatic N) is 5. The maximum atomic E-state index is 11.6. The Morgan fingerprint density at radius 3 is 2.53 bits per heavy atom. The second-order valence-corrected chi connectivity index (χ2v) is 8.56. The van der Waals surface area contributed by atoms with E-state index >= 15 is 0 Å². The summed E-state index contributed by atoms with van der Waals surface area (Å²) in [6, 6.07) is 11.9. The van der Waals surface area contributed by atoms with Crippen molar-refractivity contribution in [3.8, 4) is 16.5 Å². The monoisotopic (exact) mass is 423 g/mol. The molecule has 30 heavy (non-hydrogen) atoms. The summed E-state index contributed by atoms with van der Waals surface area (Å²) in [6.45, 7) is 8.05. The average Bonchev–Trinajstić information content (AvgIpc) is 3.23. The fourth-order valence-corrected chi connectivity index (χ4v) is 4.39. The van der Waals surface area contributed by atoms with Gasteiger partial charge in [-0.1, -0.05) is 55.5 Å². The summed E-state index contributed by atoms with van der Waals surface area (Å²) in [6.07, 6.45) is 2.41. The number of hydrogen-bond acceptors (Lipinski definition) is 8. The number of rotatable bonds is 7. The highest BCUT2D eigenvalue weighted by atomic mass is 32.1. The van der Waals surface area contributed by atoms with E-state index in [9.17, 15) is 4.79 Å². The lowest BCUT2D eigenvalue weighted by Gasteiger charge is -2.35. The van der Waals surface area contributed by atoms with Crippen molar-refractivity contribution in [1.29, 1.82) is 0 Å². The van der Waals surface area contributed by atoms with Crippen molar-refractivity contribution in [2.45, 2.75) is 13.8 Å². The van der Waals surface area contributed by atoms with Gasteiger partial charge in [0, 0.05) is 37.8 Å². The van der Waals surface area contributed by atoms with E-state index in [1.54, 1.807) is 17.7 Å². The molecule has 1 aromatic carbocycles. The molecule has 0 unspecified atom stereocenters. The van der Waals surface area contributed by atoms with Gasteiger partial charge in [-0.2, -0.15) is 0 Å². The van der Waals surface area contributed by atoms with E-state index in [4.69, 9.17) is 4.74 Å². The molecule has 1 aliphatic rings. The summed E-state index contributed by atoms with van der Waals surface area (Å²) >= 11 is 1.57.